The summed E-state index contributed by atoms with van der Waals surface area (Å²) < 4.78 is 7.77. The van der Waals surface area contributed by atoms with E-state index in [1.807, 2.05) is 54.9 Å². The highest BCUT2D eigenvalue weighted by molar-refractivity contribution is 5.87. The van der Waals surface area contributed by atoms with Crippen LogP contribution < -0.4 is 10.5 Å². The SMILES string of the molecule is CCN1CCN(c2ccc3cc(-c4cc5c(C)nc(C)cn5c4)oc(=O)c3c2)CC1. The number of aromatic nitrogens is 2. The minimum Gasteiger partial charge on any atom is -0.422 e. The molecule has 5 rings (SSSR count). The highest BCUT2D eigenvalue weighted by atomic mass is 16.4. The number of anilines is 1. The molecule has 1 aromatic carbocycles. The van der Waals surface area contributed by atoms with Gasteiger partial charge in [-0.2, -0.15) is 0 Å². The van der Waals surface area contributed by atoms with Crippen molar-refractivity contribution in [2.24, 2.45) is 0 Å². The molecule has 30 heavy (non-hydrogen) atoms. The lowest BCUT2D eigenvalue weighted by molar-refractivity contribution is 0.271. The van der Waals surface area contributed by atoms with E-state index in [2.05, 4.69) is 27.8 Å². The van der Waals surface area contributed by atoms with Gasteiger partial charge in [-0.15, -0.1) is 0 Å². The molecule has 0 aliphatic carbocycles. The maximum Gasteiger partial charge on any atom is 0.344 e. The van der Waals surface area contributed by atoms with Crippen molar-refractivity contribution < 1.29 is 4.42 Å². The van der Waals surface area contributed by atoms with Crippen molar-refractivity contribution in [1.82, 2.24) is 14.3 Å². The molecule has 0 saturated carbocycles. The Morgan fingerprint density at radius 1 is 1.03 bits per heavy atom. The Balaban J connectivity index is 1.52. The molecule has 4 aromatic rings. The topological polar surface area (TPSA) is 54.0 Å². The number of rotatable bonds is 3. The highest BCUT2D eigenvalue weighted by Crippen LogP contribution is 2.28. The van der Waals surface area contributed by atoms with E-state index in [1.165, 1.54) is 0 Å². The standard InChI is InChI=1S/C24H26N4O2/c1-4-26-7-9-27(10-8-26)20-6-5-18-12-23(30-24(29)21(18)13-20)19-11-22-17(3)25-16(2)14-28(22)15-19/h5-6,11-15H,4,7-10H2,1-3H3. The zero-order chi connectivity index (χ0) is 20.8. The van der Waals surface area contributed by atoms with Crippen LogP contribution in [-0.2, 0) is 0 Å². The van der Waals surface area contributed by atoms with E-state index in [4.69, 9.17) is 4.42 Å². The summed E-state index contributed by atoms with van der Waals surface area (Å²) in [6, 6.07) is 10.1. The van der Waals surface area contributed by atoms with Crippen LogP contribution in [-0.4, -0.2) is 47.0 Å². The first-order valence-electron chi connectivity index (χ1n) is 10.5. The third-order valence-electron chi connectivity index (χ3n) is 6.10. The number of fused-ring (bicyclic) bond motifs is 2. The van der Waals surface area contributed by atoms with Crippen molar-refractivity contribution in [1.29, 1.82) is 0 Å². The van der Waals surface area contributed by atoms with Crippen LogP contribution in [0.25, 0.3) is 27.6 Å². The Kier molecular flexibility index (Phi) is 4.59. The van der Waals surface area contributed by atoms with Crippen molar-refractivity contribution in [3.05, 3.63) is 64.5 Å². The van der Waals surface area contributed by atoms with Gasteiger partial charge in [0.25, 0.3) is 0 Å². The van der Waals surface area contributed by atoms with Crippen LogP contribution in [0, 0.1) is 13.8 Å². The number of nitrogens with zero attached hydrogens (tertiary/aromatic N) is 4. The first kappa shape index (κ1) is 18.9. The first-order valence-corrected chi connectivity index (χ1v) is 10.5. The van der Waals surface area contributed by atoms with E-state index in [9.17, 15) is 4.79 Å². The summed E-state index contributed by atoms with van der Waals surface area (Å²) in [4.78, 5) is 22.1. The molecule has 0 atom stereocenters. The highest BCUT2D eigenvalue weighted by Gasteiger charge is 2.17. The fourth-order valence-electron chi connectivity index (χ4n) is 4.40. The third-order valence-corrected chi connectivity index (χ3v) is 6.10. The van der Waals surface area contributed by atoms with Gasteiger partial charge in [0.1, 0.15) is 5.76 Å². The maximum atomic E-state index is 12.8. The van der Waals surface area contributed by atoms with Crippen LogP contribution in [0.15, 0.2) is 51.9 Å². The minimum atomic E-state index is -0.294. The van der Waals surface area contributed by atoms with Gasteiger partial charge in [0.15, 0.2) is 0 Å². The zero-order valence-corrected chi connectivity index (χ0v) is 17.7. The van der Waals surface area contributed by atoms with Gasteiger partial charge < -0.3 is 18.6 Å². The van der Waals surface area contributed by atoms with Gasteiger partial charge in [-0.3, -0.25) is 4.98 Å². The Hall–Kier alpha value is -3.12. The third kappa shape index (κ3) is 3.27. The molecule has 6 nitrogen and oxygen atoms in total. The average molecular weight is 402 g/mol. The van der Waals surface area contributed by atoms with Crippen LogP contribution >= 0.6 is 0 Å². The van der Waals surface area contributed by atoms with Crippen molar-refractivity contribution in [3.8, 4) is 11.3 Å². The predicted octanol–water partition coefficient (Wildman–Crippen LogP) is 3.87. The second kappa shape index (κ2) is 7.29. The summed E-state index contributed by atoms with van der Waals surface area (Å²) in [5, 5.41) is 1.53. The number of piperazine rings is 1. The normalized spacial score (nSPS) is 15.4. The van der Waals surface area contributed by atoms with E-state index < -0.39 is 0 Å². The fourth-order valence-corrected chi connectivity index (χ4v) is 4.40. The zero-order valence-electron chi connectivity index (χ0n) is 17.7. The first-order chi connectivity index (χ1) is 14.5. The molecule has 6 heteroatoms. The summed E-state index contributed by atoms with van der Waals surface area (Å²) in [5.74, 6) is 0.581. The molecule has 0 spiro atoms. The van der Waals surface area contributed by atoms with Gasteiger partial charge in [-0.05, 0) is 50.0 Å². The van der Waals surface area contributed by atoms with E-state index >= 15 is 0 Å². The molecule has 1 saturated heterocycles. The number of hydrogen-bond donors (Lipinski definition) is 0. The number of hydrogen-bond acceptors (Lipinski definition) is 5. The van der Waals surface area contributed by atoms with Crippen LogP contribution in [0.4, 0.5) is 5.69 Å². The summed E-state index contributed by atoms with van der Waals surface area (Å²) in [6.45, 7) is 11.3. The lowest BCUT2D eigenvalue weighted by Gasteiger charge is -2.35. The lowest BCUT2D eigenvalue weighted by Crippen LogP contribution is -2.46. The van der Waals surface area contributed by atoms with Gasteiger partial charge >= 0.3 is 5.63 Å². The number of likely N-dealkylation sites (N-methyl/N-ethyl adjacent to an activating group) is 1. The number of aryl methyl sites for hydroxylation is 2. The van der Waals surface area contributed by atoms with Gasteiger partial charge in [0.05, 0.1) is 22.3 Å². The molecule has 3 aromatic heterocycles. The summed E-state index contributed by atoms with van der Waals surface area (Å²) in [6.07, 6.45) is 3.97. The van der Waals surface area contributed by atoms with Gasteiger partial charge in [0, 0.05) is 49.8 Å². The summed E-state index contributed by atoms with van der Waals surface area (Å²) in [5.41, 5.74) is 4.60. The predicted molar refractivity (Wildman–Crippen MR) is 120 cm³/mol. The summed E-state index contributed by atoms with van der Waals surface area (Å²) in [7, 11) is 0. The Morgan fingerprint density at radius 2 is 1.83 bits per heavy atom. The van der Waals surface area contributed by atoms with E-state index in [0.29, 0.717) is 11.1 Å². The monoisotopic (exact) mass is 402 g/mol. The van der Waals surface area contributed by atoms with Gasteiger partial charge in [-0.25, -0.2) is 4.79 Å². The average Bonchev–Trinajstić information content (AvgIpc) is 3.18. The summed E-state index contributed by atoms with van der Waals surface area (Å²) >= 11 is 0. The molecule has 0 amide bonds. The smallest absolute Gasteiger partial charge is 0.344 e. The van der Waals surface area contributed by atoms with Gasteiger partial charge in [0.2, 0.25) is 0 Å². The van der Waals surface area contributed by atoms with Crippen molar-refractivity contribution >= 4 is 22.0 Å². The molecule has 1 aliphatic rings. The molecular formula is C24H26N4O2. The van der Waals surface area contributed by atoms with E-state index in [1.54, 1.807) is 0 Å². The molecule has 1 aliphatic heterocycles. The Bertz CT molecular complexity index is 1300. The van der Waals surface area contributed by atoms with E-state index in [0.717, 1.165) is 66.3 Å². The lowest BCUT2D eigenvalue weighted by atomic mass is 10.1. The molecular weight excluding hydrogens is 376 g/mol. The van der Waals surface area contributed by atoms with E-state index in [-0.39, 0.29) is 5.63 Å². The molecule has 0 radical (unpaired) electrons. The second-order valence-corrected chi connectivity index (χ2v) is 8.08. The second-order valence-electron chi connectivity index (χ2n) is 8.08. The molecule has 1 fully saturated rings. The largest absolute Gasteiger partial charge is 0.422 e. The molecule has 0 bridgehead atoms. The van der Waals surface area contributed by atoms with Crippen molar-refractivity contribution in [2.45, 2.75) is 20.8 Å². The van der Waals surface area contributed by atoms with Crippen molar-refractivity contribution in [3.63, 3.8) is 0 Å². The molecule has 154 valence electrons. The molecule has 4 heterocycles. The van der Waals surface area contributed by atoms with Crippen LogP contribution in [0.2, 0.25) is 0 Å². The van der Waals surface area contributed by atoms with Crippen LogP contribution in [0.3, 0.4) is 0 Å². The molecule has 0 unspecified atom stereocenters. The quantitative estimate of drug-likeness (QED) is 0.521. The van der Waals surface area contributed by atoms with Crippen molar-refractivity contribution in [2.75, 3.05) is 37.6 Å². The Morgan fingerprint density at radius 3 is 2.60 bits per heavy atom. The van der Waals surface area contributed by atoms with Gasteiger partial charge in [-0.1, -0.05) is 13.0 Å². The Labute approximate surface area is 175 Å². The molecule has 0 N–H and O–H groups in total. The van der Waals surface area contributed by atoms with Crippen LogP contribution in [0.1, 0.15) is 18.3 Å². The van der Waals surface area contributed by atoms with Crippen LogP contribution in [0.5, 0.6) is 0 Å². The fraction of sp³-hybridized carbons (Fsp3) is 0.333. The minimum absolute atomic E-state index is 0.294. The number of benzene rings is 1. The maximum absolute atomic E-state index is 12.8.